The number of amides is 1. The predicted octanol–water partition coefficient (Wildman–Crippen LogP) is 1.70. The highest BCUT2D eigenvalue weighted by atomic mass is 32.1. The number of nitrogens with one attached hydrogen (secondary N) is 2. The minimum atomic E-state index is -0.171. The Labute approximate surface area is 107 Å². The molecule has 0 fully saturated rings. The molecule has 0 aromatic carbocycles. The third-order valence-electron chi connectivity index (χ3n) is 2.49. The van der Waals surface area contributed by atoms with Gasteiger partial charge >= 0.3 is 0 Å². The largest absolute Gasteiger partial charge is 0.354 e. The molecule has 1 aromatic rings. The average Bonchev–Trinajstić information content (AvgIpc) is 2.68. The van der Waals surface area contributed by atoms with Crippen LogP contribution in [-0.4, -0.2) is 23.5 Å². The third kappa shape index (κ3) is 4.83. The van der Waals surface area contributed by atoms with Crippen LogP contribution >= 0.6 is 11.3 Å². The molecule has 1 aromatic heterocycles. The van der Waals surface area contributed by atoms with Crippen LogP contribution in [0.2, 0.25) is 0 Å². The lowest BCUT2D eigenvalue weighted by molar-refractivity contribution is -0.122. The van der Waals surface area contributed by atoms with Crippen LogP contribution in [0.15, 0.2) is 5.51 Å². The molecular weight excluding hydrogens is 234 g/mol. The summed E-state index contributed by atoms with van der Waals surface area (Å²) in [6.45, 7) is 9.46. The van der Waals surface area contributed by atoms with E-state index < -0.39 is 0 Å². The lowest BCUT2D eigenvalue weighted by atomic mass is 10.2. The molecular formula is C12H21N3OS. The maximum absolute atomic E-state index is 11.7. The number of carbonyl (C=O) groups excluding carboxylic acids is 1. The fourth-order valence-corrected chi connectivity index (χ4v) is 2.02. The van der Waals surface area contributed by atoms with E-state index >= 15 is 0 Å². The minimum Gasteiger partial charge on any atom is -0.354 e. The van der Waals surface area contributed by atoms with Crippen LogP contribution in [0.3, 0.4) is 0 Å². The molecule has 0 spiro atoms. The van der Waals surface area contributed by atoms with Gasteiger partial charge in [-0.15, -0.1) is 11.3 Å². The molecule has 0 aliphatic rings. The number of carbonyl (C=O) groups is 1. The van der Waals surface area contributed by atoms with E-state index in [2.05, 4.69) is 29.5 Å². The van der Waals surface area contributed by atoms with E-state index in [-0.39, 0.29) is 11.9 Å². The maximum Gasteiger partial charge on any atom is 0.236 e. The van der Waals surface area contributed by atoms with Gasteiger partial charge < -0.3 is 10.6 Å². The van der Waals surface area contributed by atoms with E-state index in [9.17, 15) is 4.79 Å². The summed E-state index contributed by atoms with van der Waals surface area (Å²) in [7, 11) is 0. The maximum atomic E-state index is 11.7. The highest BCUT2D eigenvalue weighted by molar-refractivity contribution is 7.09. The highest BCUT2D eigenvalue weighted by Gasteiger charge is 2.12. The van der Waals surface area contributed by atoms with Gasteiger partial charge in [0.15, 0.2) is 0 Å². The van der Waals surface area contributed by atoms with Crippen LogP contribution in [-0.2, 0) is 11.3 Å². The monoisotopic (exact) mass is 255 g/mol. The zero-order chi connectivity index (χ0) is 12.8. The molecule has 17 heavy (non-hydrogen) atoms. The van der Waals surface area contributed by atoms with Gasteiger partial charge in [0.25, 0.3) is 0 Å². The first-order chi connectivity index (χ1) is 8.00. The molecule has 1 rings (SSSR count). The van der Waals surface area contributed by atoms with E-state index in [0.29, 0.717) is 12.5 Å². The van der Waals surface area contributed by atoms with Gasteiger partial charge in [0.05, 0.1) is 17.2 Å². The summed E-state index contributed by atoms with van der Waals surface area (Å²) in [6.07, 6.45) is 0. The van der Waals surface area contributed by atoms with Crippen LogP contribution in [0.5, 0.6) is 0 Å². The standard InChI is InChI=1S/C12H21N3OS/c1-8(2)5-14-12(16)10(4)13-6-11-9(3)15-7-17-11/h7-8,10,13H,5-6H2,1-4H3,(H,14,16). The Kier molecular flexibility index (Phi) is 5.58. The molecule has 1 heterocycles. The van der Waals surface area contributed by atoms with Crippen molar-refractivity contribution in [2.24, 2.45) is 5.92 Å². The van der Waals surface area contributed by atoms with Gasteiger partial charge in [-0.05, 0) is 19.8 Å². The second kappa shape index (κ2) is 6.71. The van der Waals surface area contributed by atoms with Crippen molar-refractivity contribution < 1.29 is 4.79 Å². The van der Waals surface area contributed by atoms with Gasteiger partial charge in [-0.1, -0.05) is 13.8 Å². The molecule has 0 bridgehead atoms. The number of hydrogen-bond donors (Lipinski definition) is 2. The van der Waals surface area contributed by atoms with Crippen molar-refractivity contribution in [3.63, 3.8) is 0 Å². The summed E-state index contributed by atoms with van der Waals surface area (Å²) >= 11 is 1.62. The molecule has 1 unspecified atom stereocenters. The number of aromatic nitrogens is 1. The van der Waals surface area contributed by atoms with Gasteiger partial charge in [-0.3, -0.25) is 4.79 Å². The summed E-state index contributed by atoms with van der Waals surface area (Å²) in [5, 5.41) is 6.12. The summed E-state index contributed by atoms with van der Waals surface area (Å²) in [5.74, 6) is 0.538. The molecule has 0 saturated carbocycles. The fourth-order valence-electron chi connectivity index (χ4n) is 1.29. The number of nitrogens with zero attached hydrogens (tertiary/aromatic N) is 1. The molecule has 0 saturated heterocycles. The van der Waals surface area contributed by atoms with Crippen LogP contribution in [0.1, 0.15) is 31.3 Å². The van der Waals surface area contributed by atoms with Crippen LogP contribution in [0, 0.1) is 12.8 Å². The van der Waals surface area contributed by atoms with Crippen molar-refractivity contribution in [2.75, 3.05) is 6.54 Å². The van der Waals surface area contributed by atoms with Crippen molar-refractivity contribution in [1.82, 2.24) is 15.6 Å². The number of hydrogen-bond acceptors (Lipinski definition) is 4. The molecule has 2 N–H and O–H groups in total. The van der Waals surface area contributed by atoms with Crippen LogP contribution in [0.25, 0.3) is 0 Å². The summed E-state index contributed by atoms with van der Waals surface area (Å²) < 4.78 is 0. The first-order valence-electron chi connectivity index (χ1n) is 5.90. The van der Waals surface area contributed by atoms with Crippen molar-refractivity contribution in [1.29, 1.82) is 0 Å². The van der Waals surface area contributed by atoms with Crippen molar-refractivity contribution in [3.8, 4) is 0 Å². The van der Waals surface area contributed by atoms with E-state index in [1.165, 1.54) is 4.88 Å². The van der Waals surface area contributed by atoms with E-state index in [1.807, 2.05) is 19.4 Å². The fraction of sp³-hybridized carbons (Fsp3) is 0.667. The van der Waals surface area contributed by atoms with Crippen LogP contribution < -0.4 is 10.6 Å². The van der Waals surface area contributed by atoms with E-state index in [0.717, 1.165) is 12.2 Å². The average molecular weight is 255 g/mol. The topological polar surface area (TPSA) is 54.0 Å². The number of thiazole rings is 1. The smallest absolute Gasteiger partial charge is 0.236 e. The van der Waals surface area contributed by atoms with Gasteiger partial charge in [-0.25, -0.2) is 4.98 Å². The lowest BCUT2D eigenvalue weighted by Crippen LogP contribution is -2.42. The normalized spacial score (nSPS) is 12.8. The Balaban J connectivity index is 2.31. The first-order valence-corrected chi connectivity index (χ1v) is 6.78. The van der Waals surface area contributed by atoms with E-state index in [1.54, 1.807) is 11.3 Å². The van der Waals surface area contributed by atoms with Crippen molar-refractivity contribution in [3.05, 3.63) is 16.1 Å². The zero-order valence-corrected chi connectivity index (χ0v) is 11.7. The lowest BCUT2D eigenvalue weighted by Gasteiger charge is -2.14. The Bertz CT molecular complexity index is 362. The third-order valence-corrected chi connectivity index (χ3v) is 3.43. The van der Waals surface area contributed by atoms with Gasteiger partial charge in [-0.2, -0.15) is 0 Å². The summed E-state index contributed by atoms with van der Waals surface area (Å²) in [4.78, 5) is 17.1. The Morgan fingerprint density at radius 3 is 2.71 bits per heavy atom. The zero-order valence-electron chi connectivity index (χ0n) is 10.9. The quantitative estimate of drug-likeness (QED) is 0.813. The molecule has 1 amide bonds. The first kappa shape index (κ1) is 14.1. The molecule has 1 atom stereocenters. The molecule has 96 valence electrons. The van der Waals surface area contributed by atoms with Gasteiger partial charge in [0.1, 0.15) is 0 Å². The summed E-state index contributed by atoms with van der Waals surface area (Å²) in [5.41, 5.74) is 2.87. The highest BCUT2D eigenvalue weighted by Crippen LogP contribution is 2.11. The second-order valence-electron chi connectivity index (χ2n) is 4.60. The molecule has 0 aliphatic carbocycles. The number of aryl methyl sites for hydroxylation is 1. The van der Waals surface area contributed by atoms with E-state index in [4.69, 9.17) is 0 Å². The Hall–Kier alpha value is -0.940. The molecule has 4 nitrogen and oxygen atoms in total. The predicted molar refractivity (Wildman–Crippen MR) is 71.0 cm³/mol. The van der Waals surface area contributed by atoms with Gasteiger partial charge in [0, 0.05) is 18.0 Å². The Morgan fingerprint density at radius 2 is 2.18 bits per heavy atom. The molecule has 0 aliphatic heterocycles. The van der Waals surface area contributed by atoms with Crippen molar-refractivity contribution in [2.45, 2.75) is 40.3 Å². The minimum absolute atomic E-state index is 0.0564. The molecule has 0 radical (unpaired) electrons. The second-order valence-corrected chi connectivity index (χ2v) is 5.54. The van der Waals surface area contributed by atoms with Crippen molar-refractivity contribution >= 4 is 17.2 Å². The SMILES string of the molecule is Cc1ncsc1CNC(C)C(=O)NCC(C)C. The summed E-state index contributed by atoms with van der Waals surface area (Å²) in [6, 6.07) is -0.171. The number of rotatable bonds is 6. The van der Waals surface area contributed by atoms with Gasteiger partial charge in [0.2, 0.25) is 5.91 Å². The Morgan fingerprint density at radius 1 is 1.47 bits per heavy atom. The molecule has 5 heteroatoms. The van der Waals surface area contributed by atoms with Crippen LogP contribution in [0.4, 0.5) is 0 Å².